The maximum atomic E-state index is 12.6. The van der Waals surface area contributed by atoms with E-state index in [1.165, 1.54) is 0 Å². The molecule has 90 valence electrons. The molecule has 2 aromatic carbocycles. The molecule has 0 radical (unpaired) electrons. The van der Waals surface area contributed by atoms with Crippen molar-refractivity contribution < 1.29 is 4.79 Å². The zero-order valence-corrected chi connectivity index (χ0v) is 10.4. The molecule has 1 nitrogen and oxygen atoms in total. The second-order valence-electron chi connectivity index (χ2n) is 5.05. The monoisotopic (exact) mass is 244 g/mol. The molecule has 0 saturated carbocycles. The van der Waals surface area contributed by atoms with Gasteiger partial charge in [-0.25, -0.2) is 0 Å². The first-order valence-corrected chi connectivity index (χ1v) is 6.42. The van der Waals surface area contributed by atoms with Crippen LogP contribution in [0.5, 0.6) is 0 Å². The van der Waals surface area contributed by atoms with Crippen LogP contribution in [-0.2, 0) is 0 Å². The third-order valence-electron chi connectivity index (χ3n) is 3.99. The fourth-order valence-electron chi connectivity index (χ4n) is 3.14. The molecule has 0 fully saturated rings. The highest BCUT2D eigenvalue weighted by molar-refractivity contribution is 6.41. The Morgan fingerprint density at radius 3 is 2.11 bits per heavy atom. The number of allylic oxidation sites excluding steroid dienone is 3. The van der Waals surface area contributed by atoms with Gasteiger partial charge in [-0.15, -0.1) is 0 Å². The van der Waals surface area contributed by atoms with E-state index < -0.39 is 0 Å². The number of carbonyl (C=O) groups is 1. The first-order chi connectivity index (χ1) is 9.27. The van der Waals surface area contributed by atoms with Crippen molar-refractivity contribution in [1.29, 1.82) is 0 Å². The van der Waals surface area contributed by atoms with Crippen molar-refractivity contribution in [3.8, 4) is 0 Å². The van der Waals surface area contributed by atoms with Gasteiger partial charge in [-0.3, -0.25) is 4.79 Å². The number of hydrogen-bond acceptors (Lipinski definition) is 1. The van der Waals surface area contributed by atoms with Crippen molar-refractivity contribution in [3.63, 3.8) is 0 Å². The summed E-state index contributed by atoms with van der Waals surface area (Å²) in [6.45, 7) is 4.17. The number of hydrogen-bond donors (Lipinski definition) is 0. The van der Waals surface area contributed by atoms with Crippen molar-refractivity contribution >= 4 is 22.5 Å². The van der Waals surface area contributed by atoms with Crippen molar-refractivity contribution in [2.24, 2.45) is 0 Å². The summed E-state index contributed by atoms with van der Waals surface area (Å²) in [7, 11) is 0. The van der Waals surface area contributed by atoms with E-state index in [9.17, 15) is 4.79 Å². The standard InChI is InChI=1S/C18H12O/c1-11-10-16-13-7-3-5-9-15(13)18(19)17(16)14-8-4-2-6-12(11)14/h2-9H,1,10H2. The normalized spacial score (nSPS) is 16.2. The van der Waals surface area contributed by atoms with Gasteiger partial charge >= 0.3 is 0 Å². The highest BCUT2D eigenvalue weighted by Crippen LogP contribution is 2.47. The predicted molar refractivity (Wildman–Crippen MR) is 77.7 cm³/mol. The van der Waals surface area contributed by atoms with Crippen LogP contribution in [0.15, 0.2) is 55.1 Å². The first-order valence-electron chi connectivity index (χ1n) is 6.42. The number of ketones is 1. The minimum absolute atomic E-state index is 0.158. The number of benzene rings is 2. The molecule has 0 aromatic heterocycles. The number of rotatable bonds is 0. The summed E-state index contributed by atoms with van der Waals surface area (Å²) in [6, 6.07) is 15.9. The second-order valence-corrected chi connectivity index (χ2v) is 5.05. The molecule has 19 heavy (non-hydrogen) atoms. The smallest absolute Gasteiger partial charge is 0.194 e. The number of carbonyl (C=O) groups excluding carboxylic acids is 1. The third kappa shape index (κ3) is 1.27. The fraction of sp³-hybridized carbons (Fsp3) is 0.0556. The molecule has 0 unspecified atom stereocenters. The van der Waals surface area contributed by atoms with Crippen molar-refractivity contribution in [2.75, 3.05) is 0 Å². The van der Waals surface area contributed by atoms with E-state index in [0.717, 1.165) is 45.4 Å². The molecule has 2 aliphatic carbocycles. The largest absolute Gasteiger partial charge is 0.289 e. The van der Waals surface area contributed by atoms with Gasteiger partial charge in [0.05, 0.1) is 0 Å². The van der Waals surface area contributed by atoms with E-state index in [2.05, 4.69) is 12.6 Å². The Morgan fingerprint density at radius 2 is 1.37 bits per heavy atom. The molecule has 0 atom stereocenters. The molecule has 0 bridgehead atoms. The third-order valence-corrected chi connectivity index (χ3v) is 3.99. The van der Waals surface area contributed by atoms with Gasteiger partial charge in [0, 0.05) is 11.1 Å². The lowest BCUT2D eigenvalue weighted by Crippen LogP contribution is -2.04. The summed E-state index contributed by atoms with van der Waals surface area (Å²) in [5, 5.41) is 0. The van der Waals surface area contributed by atoms with Crippen LogP contribution in [-0.4, -0.2) is 5.78 Å². The Hall–Kier alpha value is -2.41. The maximum Gasteiger partial charge on any atom is 0.194 e. The lowest BCUT2D eigenvalue weighted by Gasteiger charge is -2.20. The molecule has 0 heterocycles. The average molecular weight is 244 g/mol. The van der Waals surface area contributed by atoms with Crippen LogP contribution in [0.1, 0.15) is 33.5 Å². The predicted octanol–water partition coefficient (Wildman–Crippen LogP) is 4.21. The lowest BCUT2D eigenvalue weighted by molar-refractivity contribution is 0.105. The van der Waals surface area contributed by atoms with Crippen LogP contribution in [0.3, 0.4) is 0 Å². The second kappa shape index (κ2) is 3.55. The molecule has 4 rings (SSSR count). The highest BCUT2D eigenvalue weighted by atomic mass is 16.1. The van der Waals surface area contributed by atoms with Crippen LogP contribution in [0.4, 0.5) is 0 Å². The van der Waals surface area contributed by atoms with Crippen LogP contribution < -0.4 is 0 Å². The Morgan fingerprint density at radius 1 is 0.789 bits per heavy atom. The van der Waals surface area contributed by atoms with Gasteiger partial charge in [-0.05, 0) is 34.3 Å². The van der Waals surface area contributed by atoms with Crippen LogP contribution in [0, 0.1) is 0 Å². The van der Waals surface area contributed by atoms with E-state index in [0.29, 0.717) is 0 Å². The summed E-state index contributed by atoms with van der Waals surface area (Å²) in [5.41, 5.74) is 7.18. The van der Waals surface area contributed by atoms with Crippen molar-refractivity contribution in [3.05, 3.63) is 77.4 Å². The topological polar surface area (TPSA) is 17.1 Å². The van der Waals surface area contributed by atoms with E-state index >= 15 is 0 Å². The van der Waals surface area contributed by atoms with Gasteiger partial charge < -0.3 is 0 Å². The molecular formula is C18H12O. The molecular weight excluding hydrogens is 232 g/mol. The average Bonchev–Trinajstić information content (AvgIpc) is 2.73. The molecule has 0 N–H and O–H groups in total. The van der Waals surface area contributed by atoms with Gasteiger partial charge in [0.1, 0.15) is 0 Å². The Balaban J connectivity index is 2.06. The van der Waals surface area contributed by atoms with Gasteiger partial charge in [0.2, 0.25) is 0 Å². The van der Waals surface area contributed by atoms with E-state index in [1.807, 2.05) is 42.5 Å². The zero-order valence-electron chi connectivity index (χ0n) is 10.4. The van der Waals surface area contributed by atoms with Crippen LogP contribution in [0.2, 0.25) is 0 Å². The van der Waals surface area contributed by atoms with Gasteiger partial charge in [0.25, 0.3) is 0 Å². The van der Waals surface area contributed by atoms with Gasteiger partial charge in [-0.1, -0.05) is 55.1 Å². The highest BCUT2D eigenvalue weighted by Gasteiger charge is 2.34. The van der Waals surface area contributed by atoms with Gasteiger partial charge in [0.15, 0.2) is 5.78 Å². The Kier molecular flexibility index (Phi) is 1.96. The van der Waals surface area contributed by atoms with E-state index in [4.69, 9.17) is 0 Å². The van der Waals surface area contributed by atoms with E-state index in [-0.39, 0.29) is 5.78 Å². The number of Topliss-reactive ketones (excluding diaryl/α,β-unsaturated/α-hetero) is 1. The summed E-state index contributed by atoms with van der Waals surface area (Å²) in [5.74, 6) is 0.158. The summed E-state index contributed by atoms with van der Waals surface area (Å²) >= 11 is 0. The van der Waals surface area contributed by atoms with Crippen molar-refractivity contribution in [2.45, 2.75) is 6.42 Å². The molecule has 0 spiro atoms. The summed E-state index contributed by atoms with van der Waals surface area (Å²) in [6.07, 6.45) is 0.773. The zero-order chi connectivity index (χ0) is 13.0. The first kappa shape index (κ1) is 10.5. The molecule has 0 saturated heterocycles. The Bertz CT molecular complexity index is 778. The molecule has 1 heteroatoms. The molecule has 0 amide bonds. The maximum absolute atomic E-state index is 12.6. The molecule has 2 aromatic rings. The van der Waals surface area contributed by atoms with Crippen LogP contribution in [0.25, 0.3) is 16.7 Å². The summed E-state index contributed by atoms with van der Waals surface area (Å²) in [4.78, 5) is 12.6. The molecule has 0 aliphatic heterocycles. The lowest BCUT2D eigenvalue weighted by atomic mass is 9.83. The van der Waals surface area contributed by atoms with Gasteiger partial charge in [-0.2, -0.15) is 0 Å². The van der Waals surface area contributed by atoms with E-state index in [1.54, 1.807) is 0 Å². The quantitative estimate of drug-likeness (QED) is 0.678. The molecule has 2 aliphatic rings. The van der Waals surface area contributed by atoms with Crippen LogP contribution >= 0.6 is 0 Å². The fourth-order valence-corrected chi connectivity index (χ4v) is 3.14. The Labute approximate surface area is 111 Å². The minimum atomic E-state index is 0.158. The summed E-state index contributed by atoms with van der Waals surface area (Å²) < 4.78 is 0. The number of fused-ring (bicyclic) bond motifs is 4. The SMILES string of the molecule is C=C1CC2=C(C(=O)c3ccccc32)c2ccccc21. The van der Waals surface area contributed by atoms with Crippen molar-refractivity contribution in [1.82, 2.24) is 0 Å². The minimum Gasteiger partial charge on any atom is -0.289 e.